The van der Waals surface area contributed by atoms with Crippen molar-refractivity contribution >= 4 is 44.6 Å². The summed E-state index contributed by atoms with van der Waals surface area (Å²) in [5, 5.41) is 13.7. The number of nitrogens with zero attached hydrogens (tertiary/aromatic N) is 1. The zero-order valence-electron chi connectivity index (χ0n) is 19.3. The third kappa shape index (κ3) is 3.80. The molecule has 1 aromatic heterocycles. The van der Waals surface area contributed by atoms with E-state index < -0.39 is 28.7 Å². The van der Waals surface area contributed by atoms with E-state index in [1.165, 1.54) is 0 Å². The summed E-state index contributed by atoms with van der Waals surface area (Å²) in [6.07, 6.45) is 1.76. The predicted octanol–water partition coefficient (Wildman–Crippen LogP) is 4.59. The zero-order valence-corrected chi connectivity index (χ0v) is 20.9. The number of halogens is 1. The number of nitrogens with one attached hydrogen (secondary N) is 1. The van der Waals surface area contributed by atoms with Gasteiger partial charge in [0.05, 0.1) is 33.6 Å². The molecule has 3 aliphatic rings. The van der Waals surface area contributed by atoms with Crippen molar-refractivity contribution in [2.24, 2.45) is 17.1 Å². The first-order valence-electron chi connectivity index (χ1n) is 11.7. The number of amides is 2. The van der Waals surface area contributed by atoms with Crippen LogP contribution in [0.4, 0.5) is 0 Å². The standard InChI is InChI=1S/C27H26BrN3O4/c1-15-21(18-13-17(28)7-8-20(18)30-22(15)16-5-3-2-4-6-16)24(33)31-27-11-9-26(10-12-27,25(34)35)14-19(27)23(29)32/h2-8,13,19H,9-12,14H2,1H3,(H2,29,32)(H,31,33)(H,34,35). The molecule has 8 heteroatoms. The van der Waals surface area contributed by atoms with Gasteiger partial charge in [-0.25, -0.2) is 4.98 Å². The van der Waals surface area contributed by atoms with Gasteiger partial charge < -0.3 is 16.2 Å². The average molecular weight is 536 g/mol. The van der Waals surface area contributed by atoms with Gasteiger partial charge in [-0.1, -0.05) is 46.3 Å². The van der Waals surface area contributed by atoms with Gasteiger partial charge in [0.1, 0.15) is 0 Å². The summed E-state index contributed by atoms with van der Waals surface area (Å²) >= 11 is 3.50. The molecule has 0 aliphatic heterocycles. The van der Waals surface area contributed by atoms with Crippen LogP contribution in [0.2, 0.25) is 0 Å². The van der Waals surface area contributed by atoms with Gasteiger partial charge >= 0.3 is 5.97 Å². The molecule has 2 bridgehead atoms. The molecular formula is C27H26BrN3O4. The molecule has 35 heavy (non-hydrogen) atoms. The maximum Gasteiger partial charge on any atom is 0.309 e. The van der Waals surface area contributed by atoms with E-state index in [0.29, 0.717) is 47.8 Å². The number of nitrogens with two attached hydrogens (primary N) is 1. The lowest BCUT2D eigenvalue weighted by molar-refractivity contribution is -0.161. The third-order valence-electron chi connectivity index (χ3n) is 7.99. The van der Waals surface area contributed by atoms with Gasteiger partial charge in [-0.05, 0) is 62.8 Å². The number of aliphatic carboxylic acids is 1. The van der Waals surface area contributed by atoms with E-state index in [1.54, 1.807) is 0 Å². The van der Waals surface area contributed by atoms with Crippen LogP contribution < -0.4 is 11.1 Å². The van der Waals surface area contributed by atoms with Gasteiger partial charge in [-0.3, -0.25) is 14.4 Å². The lowest BCUT2D eigenvalue weighted by Gasteiger charge is -2.55. The number of rotatable bonds is 5. The number of hydrogen-bond acceptors (Lipinski definition) is 4. The largest absolute Gasteiger partial charge is 0.481 e. The van der Waals surface area contributed by atoms with Crippen molar-refractivity contribution in [1.29, 1.82) is 0 Å². The molecule has 3 aliphatic carbocycles. The minimum atomic E-state index is -0.948. The SMILES string of the molecule is Cc1c(-c2ccccc2)nc2ccc(Br)cc2c1C(=O)NC12CCC(C(=O)O)(CC1)CC2C(N)=O. The quantitative estimate of drug-likeness (QED) is 0.440. The van der Waals surface area contributed by atoms with Crippen molar-refractivity contribution < 1.29 is 19.5 Å². The van der Waals surface area contributed by atoms with Crippen LogP contribution in [-0.2, 0) is 9.59 Å². The number of carboxylic acid groups (broad SMARTS) is 1. The molecule has 6 rings (SSSR count). The maximum absolute atomic E-state index is 14.0. The summed E-state index contributed by atoms with van der Waals surface area (Å²) in [6.45, 7) is 1.88. The second-order valence-corrected chi connectivity index (χ2v) is 10.8. The smallest absolute Gasteiger partial charge is 0.309 e. The summed E-state index contributed by atoms with van der Waals surface area (Å²) in [4.78, 5) is 43.3. The number of benzene rings is 2. The van der Waals surface area contributed by atoms with E-state index in [0.717, 1.165) is 15.6 Å². The number of aromatic nitrogens is 1. The van der Waals surface area contributed by atoms with Crippen LogP contribution >= 0.6 is 15.9 Å². The van der Waals surface area contributed by atoms with Gasteiger partial charge in [-0.15, -0.1) is 0 Å². The number of pyridine rings is 1. The number of carboxylic acids is 1. The van der Waals surface area contributed by atoms with E-state index in [4.69, 9.17) is 10.7 Å². The minimum absolute atomic E-state index is 0.148. The van der Waals surface area contributed by atoms with E-state index in [-0.39, 0.29) is 12.3 Å². The number of carbonyl (C=O) groups is 3. The van der Waals surface area contributed by atoms with Gasteiger partial charge in [0.25, 0.3) is 5.91 Å². The van der Waals surface area contributed by atoms with Crippen LogP contribution in [0, 0.1) is 18.3 Å². The number of hydrogen-bond donors (Lipinski definition) is 3. The normalized spacial score (nSPS) is 25.4. The molecule has 1 heterocycles. The molecule has 2 aromatic carbocycles. The Balaban J connectivity index is 1.61. The van der Waals surface area contributed by atoms with E-state index >= 15 is 0 Å². The van der Waals surface area contributed by atoms with Crippen molar-refractivity contribution in [2.75, 3.05) is 0 Å². The Morgan fingerprint density at radius 1 is 1.09 bits per heavy atom. The fourth-order valence-corrected chi connectivity index (χ4v) is 6.35. The van der Waals surface area contributed by atoms with Crippen molar-refractivity contribution in [3.8, 4) is 11.3 Å². The molecule has 3 fully saturated rings. The lowest BCUT2D eigenvalue weighted by Crippen LogP contribution is -2.66. The summed E-state index contributed by atoms with van der Waals surface area (Å²) in [7, 11) is 0. The Bertz CT molecular complexity index is 1360. The van der Waals surface area contributed by atoms with Crippen molar-refractivity contribution in [3.05, 3.63) is 64.1 Å². The second-order valence-electron chi connectivity index (χ2n) is 9.84. The van der Waals surface area contributed by atoms with E-state index in [9.17, 15) is 19.5 Å². The first-order valence-corrected chi connectivity index (χ1v) is 12.5. The molecule has 3 saturated carbocycles. The molecule has 3 aromatic rings. The Labute approximate surface area is 211 Å². The zero-order chi connectivity index (χ0) is 25.0. The summed E-state index contributed by atoms with van der Waals surface area (Å²) < 4.78 is 0.822. The predicted molar refractivity (Wildman–Crippen MR) is 136 cm³/mol. The monoisotopic (exact) mass is 535 g/mol. The maximum atomic E-state index is 14.0. The molecule has 2 amide bonds. The van der Waals surface area contributed by atoms with Crippen LogP contribution in [0.1, 0.15) is 48.0 Å². The average Bonchev–Trinajstić information content (AvgIpc) is 2.84. The third-order valence-corrected chi connectivity index (χ3v) is 8.48. The van der Waals surface area contributed by atoms with Gasteiger partial charge in [0.2, 0.25) is 5.91 Å². The highest BCUT2D eigenvalue weighted by molar-refractivity contribution is 9.10. The molecule has 1 atom stereocenters. The Morgan fingerprint density at radius 3 is 2.40 bits per heavy atom. The van der Waals surface area contributed by atoms with Gasteiger partial charge in [0, 0.05) is 15.4 Å². The van der Waals surface area contributed by atoms with E-state index in [1.807, 2.05) is 55.5 Å². The van der Waals surface area contributed by atoms with Crippen molar-refractivity contribution in [3.63, 3.8) is 0 Å². The van der Waals surface area contributed by atoms with Gasteiger partial charge in [-0.2, -0.15) is 0 Å². The van der Waals surface area contributed by atoms with Crippen LogP contribution in [0.15, 0.2) is 53.0 Å². The molecule has 1 unspecified atom stereocenters. The molecule has 0 spiro atoms. The highest BCUT2D eigenvalue weighted by atomic mass is 79.9. The lowest BCUT2D eigenvalue weighted by atomic mass is 9.52. The first kappa shape index (κ1) is 23.5. The number of carbonyl (C=O) groups excluding carboxylic acids is 2. The Hall–Kier alpha value is -3.26. The molecule has 7 nitrogen and oxygen atoms in total. The topological polar surface area (TPSA) is 122 Å². The molecule has 0 saturated heterocycles. The Morgan fingerprint density at radius 2 is 1.77 bits per heavy atom. The van der Waals surface area contributed by atoms with E-state index in [2.05, 4.69) is 21.2 Å². The molecule has 0 radical (unpaired) electrons. The van der Waals surface area contributed by atoms with Crippen molar-refractivity contribution in [1.82, 2.24) is 10.3 Å². The summed E-state index contributed by atoms with van der Waals surface area (Å²) in [5.41, 5.74) is 7.47. The van der Waals surface area contributed by atoms with Crippen molar-refractivity contribution in [2.45, 2.75) is 44.6 Å². The van der Waals surface area contributed by atoms with Crippen LogP contribution in [0.5, 0.6) is 0 Å². The number of primary amides is 1. The fraction of sp³-hybridized carbons (Fsp3) is 0.333. The minimum Gasteiger partial charge on any atom is -0.481 e. The van der Waals surface area contributed by atoms with Gasteiger partial charge in [0.15, 0.2) is 0 Å². The fourth-order valence-electron chi connectivity index (χ4n) is 5.99. The first-order chi connectivity index (χ1) is 16.7. The highest BCUT2D eigenvalue weighted by Crippen LogP contribution is 2.55. The molecule has 180 valence electrons. The van der Waals surface area contributed by atoms with Crippen LogP contribution in [0.25, 0.3) is 22.2 Å². The second kappa shape index (κ2) is 8.45. The number of fused-ring (bicyclic) bond motifs is 4. The molecule has 4 N–H and O–H groups in total. The molecular weight excluding hydrogens is 510 g/mol. The van der Waals surface area contributed by atoms with Crippen LogP contribution in [0.3, 0.4) is 0 Å². The van der Waals surface area contributed by atoms with Crippen LogP contribution in [-0.4, -0.2) is 33.4 Å². The summed E-state index contributed by atoms with van der Waals surface area (Å²) in [5.74, 6) is -2.50. The summed E-state index contributed by atoms with van der Waals surface area (Å²) in [6, 6.07) is 15.3. The Kier molecular flexibility index (Phi) is 5.67. The highest BCUT2D eigenvalue weighted by Gasteiger charge is 2.60.